The van der Waals surface area contributed by atoms with Crippen molar-refractivity contribution >= 4 is 17.8 Å². The van der Waals surface area contributed by atoms with Gasteiger partial charge in [-0.2, -0.15) is 25.1 Å². The molecule has 51 heavy (non-hydrogen) atoms. The van der Waals surface area contributed by atoms with Crippen LogP contribution in [0.3, 0.4) is 0 Å². The van der Waals surface area contributed by atoms with Gasteiger partial charge in [0.25, 0.3) is 0 Å². The van der Waals surface area contributed by atoms with Crippen LogP contribution in [0.5, 0.6) is 0 Å². The molecule has 0 bridgehead atoms. The first-order chi connectivity index (χ1) is 24.1. The molecule has 1 aromatic heterocycles. The first kappa shape index (κ1) is 40.4. The van der Waals surface area contributed by atoms with Gasteiger partial charge in [0, 0.05) is 47.3 Å². The Labute approximate surface area is 311 Å². The lowest BCUT2D eigenvalue weighted by molar-refractivity contribution is -0.310. The summed E-state index contributed by atoms with van der Waals surface area (Å²) in [6.07, 6.45) is 21.3. The maximum Gasteiger partial charge on any atom is 0.232 e. The summed E-state index contributed by atoms with van der Waals surface area (Å²) in [6, 6.07) is 0.508. The van der Waals surface area contributed by atoms with E-state index in [1.54, 1.807) is 0 Å². The van der Waals surface area contributed by atoms with E-state index in [1.165, 1.54) is 38.5 Å². The molecule has 2 aliphatic heterocycles. The summed E-state index contributed by atoms with van der Waals surface area (Å²) in [5, 5.41) is 4.72. The summed E-state index contributed by atoms with van der Waals surface area (Å²) in [4.78, 5) is 33.8. The first-order valence-corrected chi connectivity index (χ1v) is 21.1. The Morgan fingerprint density at radius 3 is 1.22 bits per heavy atom. The number of hydrogen-bond acceptors (Lipinski definition) is 10. The zero-order valence-electron chi connectivity index (χ0n) is 34.5. The molecule has 3 heterocycles. The van der Waals surface area contributed by atoms with Crippen molar-refractivity contribution in [3.8, 4) is 0 Å². The SMILES string of the molecule is CCCCN(c1nc(N)nc(N(CCCC)C2CC(C)(C)N(OC3CCCCC3)C(C)(C)C2)n1)C1CC(C)(C)N(OC2CCCCC2)C(C)(C)C1. The fourth-order valence-corrected chi connectivity index (χ4v) is 10.2. The van der Waals surface area contributed by atoms with Crippen LogP contribution < -0.4 is 15.5 Å². The van der Waals surface area contributed by atoms with Crippen molar-refractivity contribution in [1.29, 1.82) is 0 Å². The lowest BCUT2D eigenvalue weighted by Gasteiger charge is -2.57. The fourth-order valence-electron chi connectivity index (χ4n) is 10.2. The van der Waals surface area contributed by atoms with Crippen LogP contribution in [-0.4, -0.2) is 84.6 Å². The smallest absolute Gasteiger partial charge is 0.232 e. The van der Waals surface area contributed by atoms with E-state index in [9.17, 15) is 0 Å². The molecule has 0 atom stereocenters. The van der Waals surface area contributed by atoms with Crippen LogP contribution >= 0.6 is 0 Å². The molecule has 2 N–H and O–H groups in total. The van der Waals surface area contributed by atoms with Crippen molar-refractivity contribution in [2.24, 2.45) is 0 Å². The molecule has 0 radical (unpaired) electrons. The van der Waals surface area contributed by atoms with Gasteiger partial charge in [-0.05, 0) is 120 Å². The molecule has 0 amide bonds. The molecule has 292 valence electrons. The number of rotatable bonds is 14. The Kier molecular flexibility index (Phi) is 13.3. The minimum absolute atomic E-state index is 0.145. The lowest BCUT2D eigenvalue weighted by atomic mass is 9.78. The predicted octanol–water partition coefficient (Wildman–Crippen LogP) is 9.24. The monoisotopic (exact) mass is 713 g/mol. The topological polar surface area (TPSA) is 96.1 Å². The molecule has 4 aliphatic rings. The Morgan fingerprint density at radius 1 is 0.569 bits per heavy atom. The molecule has 4 fully saturated rings. The normalized spacial score (nSPS) is 25.2. The number of piperidine rings is 2. The van der Waals surface area contributed by atoms with Crippen LogP contribution in [0.1, 0.15) is 185 Å². The van der Waals surface area contributed by atoms with Gasteiger partial charge in [0.15, 0.2) is 0 Å². The Bertz CT molecular complexity index is 1120. The number of aromatic nitrogens is 3. The van der Waals surface area contributed by atoms with Gasteiger partial charge in [-0.3, -0.25) is 9.68 Å². The zero-order valence-corrected chi connectivity index (χ0v) is 34.5. The molecular weight excluding hydrogens is 637 g/mol. The molecule has 2 saturated carbocycles. The van der Waals surface area contributed by atoms with Crippen molar-refractivity contribution < 1.29 is 9.68 Å². The van der Waals surface area contributed by atoms with E-state index in [0.29, 0.717) is 18.2 Å². The quantitative estimate of drug-likeness (QED) is 0.201. The molecule has 10 heteroatoms. The molecule has 0 spiro atoms. The number of hydrogen-bond donors (Lipinski definition) is 1. The molecule has 2 aliphatic carbocycles. The first-order valence-electron chi connectivity index (χ1n) is 21.1. The van der Waals surface area contributed by atoms with Crippen LogP contribution in [-0.2, 0) is 9.68 Å². The fraction of sp³-hybridized carbons (Fsp3) is 0.927. The van der Waals surface area contributed by atoms with Gasteiger partial charge in [0.2, 0.25) is 17.8 Å². The van der Waals surface area contributed by atoms with Gasteiger partial charge in [0.05, 0.1) is 12.2 Å². The molecule has 1 aromatic rings. The van der Waals surface area contributed by atoms with Crippen LogP contribution in [0.2, 0.25) is 0 Å². The van der Waals surface area contributed by atoms with E-state index in [-0.39, 0.29) is 34.2 Å². The van der Waals surface area contributed by atoms with Crippen molar-refractivity contribution in [2.45, 2.75) is 231 Å². The van der Waals surface area contributed by atoms with Gasteiger partial charge in [0.1, 0.15) is 0 Å². The highest BCUT2D eigenvalue weighted by molar-refractivity contribution is 5.46. The summed E-state index contributed by atoms with van der Waals surface area (Å²) in [6.45, 7) is 25.2. The van der Waals surface area contributed by atoms with E-state index in [2.05, 4.69) is 89.2 Å². The highest BCUT2D eigenvalue weighted by atomic mass is 16.7. The average molecular weight is 713 g/mol. The van der Waals surface area contributed by atoms with E-state index in [0.717, 1.165) is 102 Å². The highest BCUT2D eigenvalue weighted by Crippen LogP contribution is 2.45. The van der Waals surface area contributed by atoms with Crippen molar-refractivity contribution in [2.75, 3.05) is 28.6 Å². The maximum absolute atomic E-state index is 6.87. The van der Waals surface area contributed by atoms with Crippen LogP contribution in [0.4, 0.5) is 17.8 Å². The minimum atomic E-state index is -0.145. The van der Waals surface area contributed by atoms with Crippen molar-refractivity contribution in [1.82, 2.24) is 25.1 Å². The summed E-state index contributed by atoms with van der Waals surface area (Å²) in [5.74, 6) is 1.76. The minimum Gasteiger partial charge on any atom is -0.368 e. The summed E-state index contributed by atoms with van der Waals surface area (Å²) >= 11 is 0. The number of nitrogens with two attached hydrogens (primary N) is 1. The van der Waals surface area contributed by atoms with Gasteiger partial charge in [-0.25, -0.2) is 0 Å². The largest absolute Gasteiger partial charge is 0.368 e. The molecule has 2 saturated heterocycles. The van der Waals surface area contributed by atoms with Gasteiger partial charge in [-0.1, -0.05) is 65.2 Å². The zero-order chi connectivity index (χ0) is 37.0. The second-order valence-electron chi connectivity index (χ2n) is 19.1. The molecular formula is C41H76N8O2. The number of unbranched alkanes of at least 4 members (excludes halogenated alkanes) is 2. The number of nitrogen functional groups attached to an aromatic ring is 1. The number of nitrogens with zero attached hydrogens (tertiary/aromatic N) is 7. The molecule has 0 aromatic carbocycles. The van der Waals surface area contributed by atoms with Gasteiger partial charge >= 0.3 is 0 Å². The second-order valence-corrected chi connectivity index (χ2v) is 19.1. The van der Waals surface area contributed by atoms with Crippen LogP contribution in [0.15, 0.2) is 0 Å². The van der Waals surface area contributed by atoms with Crippen molar-refractivity contribution in [3.63, 3.8) is 0 Å². The summed E-state index contributed by atoms with van der Waals surface area (Å²) in [7, 11) is 0. The summed E-state index contributed by atoms with van der Waals surface area (Å²) in [5.41, 5.74) is 6.06. The van der Waals surface area contributed by atoms with Gasteiger partial charge < -0.3 is 15.5 Å². The standard InChI is InChI=1S/C41H76N8O2/c1-11-13-25-46(31-27-38(3,4)48(39(5,6)28-31)50-33-21-17-15-18-22-33)36-43-35(42)44-37(45-36)47(26-14-12-2)32-29-40(7,8)49(41(9,10)30-32)51-34-23-19-16-20-24-34/h31-34H,11-30H2,1-10H3,(H2,42,43,44,45). The summed E-state index contributed by atoms with van der Waals surface area (Å²) < 4.78 is 0. The Morgan fingerprint density at radius 2 is 0.902 bits per heavy atom. The van der Waals surface area contributed by atoms with E-state index in [1.807, 2.05) is 0 Å². The second kappa shape index (κ2) is 16.7. The third-order valence-electron chi connectivity index (χ3n) is 12.3. The van der Waals surface area contributed by atoms with Gasteiger partial charge in [-0.15, -0.1) is 0 Å². The number of anilines is 3. The molecule has 10 nitrogen and oxygen atoms in total. The Balaban J connectivity index is 1.42. The van der Waals surface area contributed by atoms with E-state index >= 15 is 0 Å². The van der Waals surface area contributed by atoms with E-state index in [4.69, 9.17) is 30.4 Å². The highest BCUT2D eigenvalue weighted by Gasteiger charge is 2.51. The molecule has 5 rings (SSSR count). The molecule has 0 unspecified atom stereocenters. The third-order valence-corrected chi connectivity index (χ3v) is 12.3. The maximum atomic E-state index is 6.87. The van der Waals surface area contributed by atoms with Crippen LogP contribution in [0.25, 0.3) is 0 Å². The lowest BCUT2D eigenvalue weighted by Crippen LogP contribution is -2.65. The van der Waals surface area contributed by atoms with Crippen molar-refractivity contribution in [3.05, 3.63) is 0 Å². The Hall–Kier alpha value is -1.75. The number of hydroxylamine groups is 4. The average Bonchev–Trinajstić information content (AvgIpc) is 3.05. The van der Waals surface area contributed by atoms with Crippen LogP contribution in [0, 0.1) is 0 Å². The predicted molar refractivity (Wildman–Crippen MR) is 211 cm³/mol. The third kappa shape index (κ3) is 9.87. The van der Waals surface area contributed by atoms with E-state index < -0.39 is 0 Å².